The largest absolute Gasteiger partial charge is 0.457 e. The van der Waals surface area contributed by atoms with Gasteiger partial charge in [-0.1, -0.05) is 24.6 Å². The predicted octanol–water partition coefficient (Wildman–Crippen LogP) is 2.49. The fourth-order valence-corrected chi connectivity index (χ4v) is 5.39. The van der Waals surface area contributed by atoms with E-state index in [2.05, 4.69) is 5.32 Å². The summed E-state index contributed by atoms with van der Waals surface area (Å²) in [5.41, 5.74) is 2.17. The molecule has 10 heteroatoms. The highest BCUT2D eigenvalue weighted by molar-refractivity contribution is 5.97. The standard InChI is InChI=1S/C30H36N4O6/c1-20-10-11-22-14-25(20)40-23-8-6-7-21(13-23)19-39-26-16-34(15-24(26)31-27(35)17-32(2)30(22)38)29(37)18-33-12-5-3-4-9-28(33)36/h6-8,10-11,13-14,24,26H,3-5,9,12,15-19H2,1-2H3,(H,31,35)/t24-,26-/m0/s1. The van der Waals surface area contributed by atoms with Crippen LogP contribution < -0.4 is 10.1 Å². The molecule has 0 spiro atoms. The van der Waals surface area contributed by atoms with Crippen molar-refractivity contribution in [1.29, 1.82) is 0 Å². The summed E-state index contributed by atoms with van der Waals surface area (Å²) in [6.45, 7) is 3.18. The number of carbonyl (C=O) groups is 4. The van der Waals surface area contributed by atoms with Crippen LogP contribution in [0.1, 0.15) is 47.2 Å². The molecule has 2 aromatic carbocycles. The Balaban J connectivity index is 1.36. The van der Waals surface area contributed by atoms with Crippen LogP contribution in [-0.4, -0.2) is 90.2 Å². The van der Waals surface area contributed by atoms with Gasteiger partial charge in [-0.3, -0.25) is 19.2 Å². The number of hydrogen-bond donors (Lipinski definition) is 1. The van der Waals surface area contributed by atoms with Gasteiger partial charge in [0, 0.05) is 38.7 Å². The summed E-state index contributed by atoms with van der Waals surface area (Å²) in [7, 11) is 1.57. The minimum Gasteiger partial charge on any atom is -0.457 e. The average molecular weight is 549 g/mol. The smallest absolute Gasteiger partial charge is 0.254 e. The van der Waals surface area contributed by atoms with Gasteiger partial charge in [-0.05, 0) is 55.2 Å². The number of rotatable bonds is 2. The first-order valence-corrected chi connectivity index (χ1v) is 13.9. The lowest BCUT2D eigenvalue weighted by Crippen LogP contribution is -2.48. The molecule has 2 fully saturated rings. The van der Waals surface area contributed by atoms with E-state index in [0.29, 0.717) is 36.6 Å². The summed E-state index contributed by atoms with van der Waals surface area (Å²) in [5, 5.41) is 2.98. The van der Waals surface area contributed by atoms with Crippen molar-refractivity contribution in [2.45, 2.75) is 51.4 Å². The zero-order valence-corrected chi connectivity index (χ0v) is 23.1. The summed E-state index contributed by atoms with van der Waals surface area (Å²) in [6, 6.07) is 12.3. The molecular weight excluding hydrogens is 512 g/mol. The summed E-state index contributed by atoms with van der Waals surface area (Å²) >= 11 is 0. The topological polar surface area (TPSA) is 108 Å². The van der Waals surface area contributed by atoms with E-state index >= 15 is 0 Å². The molecule has 4 amide bonds. The van der Waals surface area contributed by atoms with Gasteiger partial charge in [-0.15, -0.1) is 0 Å². The number of benzene rings is 2. The maximum atomic E-state index is 13.2. The molecule has 3 heterocycles. The molecule has 40 heavy (non-hydrogen) atoms. The number of amides is 4. The Kier molecular flexibility index (Phi) is 8.35. The van der Waals surface area contributed by atoms with Gasteiger partial charge >= 0.3 is 0 Å². The Labute approximate surface area is 234 Å². The van der Waals surface area contributed by atoms with Crippen molar-refractivity contribution in [2.75, 3.05) is 39.8 Å². The molecule has 5 rings (SSSR count). The van der Waals surface area contributed by atoms with Gasteiger partial charge in [0.2, 0.25) is 17.7 Å². The first-order valence-electron chi connectivity index (χ1n) is 13.9. The number of aryl methyl sites for hydroxylation is 1. The lowest BCUT2D eigenvalue weighted by atomic mass is 10.1. The second-order valence-corrected chi connectivity index (χ2v) is 10.8. The normalized spacial score (nSPS) is 22.4. The SMILES string of the molecule is Cc1ccc2cc1Oc1cccc(c1)CO[C@H]1CN(C(=O)CN3CCCCCC3=O)C[C@@H]1NC(=O)CN(C)C2=O. The van der Waals surface area contributed by atoms with Crippen molar-refractivity contribution in [3.8, 4) is 11.5 Å². The monoisotopic (exact) mass is 548 g/mol. The lowest BCUT2D eigenvalue weighted by molar-refractivity contribution is -0.139. The van der Waals surface area contributed by atoms with E-state index in [1.165, 1.54) is 4.90 Å². The Bertz CT molecular complexity index is 1300. The molecule has 1 N–H and O–H groups in total. The molecule has 3 aliphatic rings. The fraction of sp³-hybridized carbons (Fsp3) is 0.467. The van der Waals surface area contributed by atoms with Crippen molar-refractivity contribution in [1.82, 2.24) is 20.0 Å². The molecule has 2 saturated heterocycles. The van der Waals surface area contributed by atoms with Gasteiger partial charge < -0.3 is 29.5 Å². The zero-order valence-electron chi connectivity index (χ0n) is 23.1. The van der Waals surface area contributed by atoms with Crippen LogP contribution in [0.2, 0.25) is 0 Å². The van der Waals surface area contributed by atoms with Crippen molar-refractivity contribution < 1.29 is 28.7 Å². The number of hydrogen-bond acceptors (Lipinski definition) is 6. The number of likely N-dealkylation sites (tertiary alicyclic amines) is 2. The maximum Gasteiger partial charge on any atom is 0.254 e. The third-order valence-corrected chi connectivity index (χ3v) is 7.72. The molecule has 0 saturated carbocycles. The summed E-state index contributed by atoms with van der Waals surface area (Å²) < 4.78 is 12.4. The van der Waals surface area contributed by atoms with Crippen molar-refractivity contribution >= 4 is 23.6 Å². The minimum absolute atomic E-state index is 0.00952. The van der Waals surface area contributed by atoms with E-state index in [4.69, 9.17) is 9.47 Å². The maximum absolute atomic E-state index is 13.2. The van der Waals surface area contributed by atoms with Crippen molar-refractivity contribution in [3.05, 3.63) is 59.2 Å². The third kappa shape index (κ3) is 6.44. The number of ether oxygens (including phenoxy) is 2. The van der Waals surface area contributed by atoms with E-state index in [-0.39, 0.29) is 49.9 Å². The number of fused-ring (bicyclic) bond motifs is 5. The zero-order chi connectivity index (χ0) is 28.2. The minimum atomic E-state index is -0.460. The molecule has 2 atom stereocenters. The number of nitrogens with one attached hydrogen (secondary N) is 1. The average Bonchev–Trinajstić information content (AvgIpc) is 3.22. The Morgan fingerprint density at radius 1 is 1.05 bits per heavy atom. The molecule has 0 aromatic heterocycles. The van der Waals surface area contributed by atoms with Crippen molar-refractivity contribution in [2.24, 2.45) is 0 Å². The Morgan fingerprint density at radius 2 is 1.90 bits per heavy atom. The van der Waals surface area contributed by atoms with Crippen LogP contribution >= 0.6 is 0 Å². The van der Waals surface area contributed by atoms with Gasteiger partial charge in [0.25, 0.3) is 5.91 Å². The number of nitrogens with zero attached hydrogens (tertiary/aromatic N) is 3. The van der Waals surface area contributed by atoms with E-state index in [9.17, 15) is 19.2 Å². The molecule has 3 aliphatic heterocycles. The third-order valence-electron chi connectivity index (χ3n) is 7.72. The van der Waals surface area contributed by atoms with Crippen LogP contribution in [0, 0.1) is 6.92 Å². The fourth-order valence-electron chi connectivity index (χ4n) is 5.39. The van der Waals surface area contributed by atoms with Gasteiger partial charge in [0.15, 0.2) is 0 Å². The molecule has 0 unspecified atom stereocenters. The highest BCUT2D eigenvalue weighted by Gasteiger charge is 2.38. The summed E-state index contributed by atoms with van der Waals surface area (Å²) in [4.78, 5) is 56.5. The first kappa shape index (κ1) is 27.6. The van der Waals surface area contributed by atoms with E-state index in [1.54, 1.807) is 29.0 Å². The van der Waals surface area contributed by atoms with E-state index in [1.807, 2.05) is 37.3 Å². The van der Waals surface area contributed by atoms with Gasteiger partial charge in [0.05, 0.1) is 31.8 Å². The van der Waals surface area contributed by atoms with Crippen LogP contribution in [0.15, 0.2) is 42.5 Å². The molecule has 0 radical (unpaired) electrons. The molecule has 2 aromatic rings. The molecule has 10 nitrogen and oxygen atoms in total. The van der Waals surface area contributed by atoms with Crippen LogP contribution in [0.4, 0.5) is 0 Å². The Morgan fingerprint density at radius 3 is 2.75 bits per heavy atom. The van der Waals surface area contributed by atoms with Crippen LogP contribution in [0.25, 0.3) is 0 Å². The quantitative estimate of drug-likeness (QED) is 0.618. The van der Waals surface area contributed by atoms with Gasteiger partial charge in [-0.25, -0.2) is 0 Å². The van der Waals surface area contributed by atoms with Gasteiger partial charge in [-0.2, -0.15) is 0 Å². The summed E-state index contributed by atoms with van der Waals surface area (Å²) in [6.07, 6.45) is 2.74. The van der Waals surface area contributed by atoms with E-state index in [0.717, 1.165) is 30.4 Å². The van der Waals surface area contributed by atoms with Crippen LogP contribution in [0.3, 0.4) is 0 Å². The van der Waals surface area contributed by atoms with Crippen LogP contribution in [0.5, 0.6) is 11.5 Å². The predicted molar refractivity (Wildman–Crippen MR) is 147 cm³/mol. The first-order chi connectivity index (χ1) is 19.3. The molecule has 0 aliphatic carbocycles. The van der Waals surface area contributed by atoms with Crippen molar-refractivity contribution in [3.63, 3.8) is 0 Å². The second kappa shape index (κ2) is 12.1. The highest BCUT2D eigenvalue weighted by Crippen LogP contribution is 2.28. The highest BCUT2D eigenvalue weighted by atomic mass is 16.5. The molecular formula is C30H36N4O6. The second-order valence-electron chi connectivity index (χ2n) is 10.8. The lowest BCUT2D eigenvalue weighted by Gasteiger charge is -2.24. The molecule has 4 bridgehead atoms. The van der Waals surface area contributed by atoms with Gasteiger partial charge in [0.1, 0.15) is 11.5 Å². The van der Waals surface area contributed by atoms with Crippen LogP contribution in [-0.2, 0) is 25.7 Å². The molecule has 212 valence electrons. The number of carbonyl (C=O) groups excluding carboxylic acids is 4. The summed E-state index contributed by atoms with van der Waals surface area (Å²) in [5.74, 6) is 0.369. The van der Waals surface area contributed by atoms with E-state index < -0.39 is 12.1 Å². The Hall–Kier alpha value is -3.92. The number of likely N-dealkylation sites (N-methyl/N-ethyl adjacent to an activating group) is 1.